The maximum absolute atomic E-state index is 11.4. The molecule has 1 saturated heterocycles. The molecular weight excluding hydrogens is 283 g/mol. The largest absolute Gasteiger partial charge is 0.375 e. The number of nitrogens with one attached hydrogen (secondary N) is 1. The van der Waals surface area contributed by atoms with Gasteiger partial charge in [-0.1, -0.05) is 0 Å². The van der Waals surface area contributed by atoms with E-state index in [1.807, 2.05) is 0 Å². The number of hydrogen-bond acceptors (Lipinski definition) is 3. The van der Waals surface area contributed by atoms with Crippen molar-refractivity contribution in [2.24, 2.45) is 0 Å². The van der Waals surface area contributed by atoms with E-state index in [1.54, 1.807) is 10.2 Å². The highest BCUT2D eigenvalue weighted by Gasteiger charge is 2.22. The first kappa shape index (κ1) is 11.2. The topological polar surface area (TPSA) is 41.6 Å². The summed E-state index contributed by atoms with van der Waals surface area (Å²) in [5, 5.41) is 3.27. The summed E-state index contributed by atoms with van der Waals surface area (Å²) in [5.41, 5.74) is 0. The molecule has 1 aliphatic rings. The fourth-order valence-corrected chi connectivity index (χ4v) is 2.12. The van der Waals surface area contributed by atoms with Crippen molar-refractivity contribution in [3.05, 3.63) is 0 Å². The second-order valence-corrected chi connectivity index (χ2v) is 4.16. The van der Waals surface area contributed by atoms with E-state index < -0.39 is 0 Å². The summed E-state index contributed by atoms with van der Waals surface area (Å²) in [6.07, 6.45) is 2.08. The van der Waals surface area contributed by atoms with Crippen LogP contribution in [0.25, 0.3) is 0 Å². The Bertz CT molecular complexity index is 172. The Balaban J connectivity index is 2.35. The van der Waals surface area contributed by atoms with Crippen LogP contribution in [0.5, 0.6) is 0 Å². The summed E-state index contributed by atoms with van der Waals surface area (Å²) in [7, 11) is 1.55. The van der Waals surface area contributed by atoms with Gasteiger partial charge in [0.2, 0.25) is 0 Å². The minimum Gasteiger partial charge on any atom is -0.375 e. The molecule has 1 aliphatic heterocycles. The maximum Gasteiger partial charge on any atom is 0.257 e. The van der Waals surface area contributed by atoms with Gasteiger partial charge in [-0.05, 0) is 25.9 Å². The van der Waals surface area contributed by atoms with Gasteiger partial charge in [0.05, 0.1) is 22.9 Å². The predicted molar refractivity (Wildman–Crippen MR) is 58.6 cm³/mol. The minimum absolute atomic E-state index is 0.0648. The van der Waals surface area contributed by atoms with Crippen LogP contribution >= 0.6 is 22.9 Å². The number of halogens is 1. The van der Waals surface area contributed by atoms with Gasteiger partial charge in [-0.3, -0.25) is 7.91 Å². The van der Waals surface area contributed by atoms with Gasteiger partial charge in [-0.15, -0.1) is 0 Å². The molecule has 0 aromatic rings. The lowest BCUT2D eigenvalue weighted by Gasteiger charge is -2.29. The van der Waals surface area contributed by atoms with Crippen LogP contribution in [0.4, 0.5) is 0 Å². The van der Waals surface area contributed by atoms with Crippen LogP contribution in [0.15, 0.2) is 0 Å². The molecule has 4 nitrogen and oxygen atoms in total. The molecule has 0 bridgehead atoms. The Morgan fingerprint density at radius 2 is 2.23 bits per heavy atom. The molecule has 1 rings (SSSR count). The van der Waals surface area contributed by atoms with E-state index in [0.29, 0.717) is 6.04 Å². The highest BCUT2D eigenvalue weighted by Crippen LogP contribution is 2.16. The molecule has 1 N–H and O–H groups in total. The maximum atomic E-state index is 11.4. The van der Waals surface area contributed by atoms with Gasteiger partial charge >= 0.3 is 0 Å². The summed E-state index contributed by atoms with van der Waals surface area (Å²) < 4.78 is 6.58. The van der Waals surface area contributed by atoms with Crippen molar-refractivity contribution >= 4 is 28.8 Å². The molecule has 0 spiro atoms. The van der Waals surface area contributed by atoms with E-state index in [1.165, 1.54) is 0 Å². The van der Waals surface area contributed by atoms with E-state index in [2.05, 4.69) is 28.2 Å². The Labute approximate surface area is 92.5 Å². The molecule has 0 unspecified atom stereocenters. The van der Waals surface area contributed by atoms with Crippen LogP contribution in [0, 0.1) is 0 Å². The lowest BCUT2D eigenvalue weighted by atomic mass is 10.1. The van der Waals surface area contributed by atoms with Crippen molar-refractivity contribution in [1.29, 1.82) is 0 Å². The van der Waals surface area contributed by atoms with Crippen molar-refractivity contribution < 1.29 is 9.53 Å². The highest BCUT2D eigenvalue weighted by molar-refractivity contribution is 14.1. The first-order valence-corrected chi connectivity index (χ1v) is 5.39. The van der Waals surface area contributed by atoms with E-state index in [9.17, 15) is 4.79 Å². The lowest BCUT2D eigenvalue weighted by molar-refractivity contribution is -0.130. The molecular formula is C8H15IN2O2. The number of piperidine rings is 1. The summed E-state index contributed by atoms with van der Waals surface area (Å²) >= 11 is 2.09. The normalized spacial score (nSPS) is 18.6. The molecule has 1 amide bonds. The molecule has 76 valence electrons. The molecule has 0 radical (unpaired) electrons. The van der Waals surface area contributed by atoms with Crippen molar-refractivity contribution in [2.75, 3.05) is 26.8 Å². The molecule has 0 aromatic heterocycles. The molecule has 5 heteroatoms. The van der Waals surface area contributed by atoms with Gasteiger partial charge in [-0.2, -0.15) is 0 Å². The smallest absolute Gasteiger partial charge is 0.257 e. The first-order valence-electron chi connectivity index (χ1n) is 4.43. The Hall–Kier alpha value is 0.120. The van der Waals surface area contributed by atoms with Crippen LogP contribution < -0.4 is 5.32 Å². The fourth-order valence-electron chi connectivity index (χ4n) is 1.42. The van der Waals surface area contributed by atoms with Crippen LogP contribution in [0.1, 0.15) is 12.8 Å². The van der Waals surface area contributed by atoms with Crippen molar-refractivity contribution in [2.45, 2.75) is 18.9 Å². The summed E-state index contributed by atoms with van der Waals surface area (Å²) in [6.45, 7) is 2.20. The second-order valence-electron chi connectivity index (χ2n) is 3.12. The molecule has 0 aliphatic carbocycles. The monoisotopic (exact) mass is 298 g/mol. The Morgan fingerprint density at radius 3 is 2.77 bits per heavy atom. The van der Waals surface area contributed by atoms with Crippen molar-refractivity contribution in [1.82, 2.24) is 8.43 Å². The van der Waals surface area contributed by atoms with E-state index in [0.717, 1.165) is 25.9 Å². The highest BCUT2D eigenvalue weighted by atomic mass is 127. The van der Waals surface area contributed by atoms with Crippen molar-refractivity contribution in [3.63, 3.8) is 0 Å². The van der Waals surface area contributed by atoms with Gasteiger partial charge in [0.1, 0.15) is 6.61 Å². The molecule has 1 fully saturated rings. The van der Waals surface area contributed by atoms with Crippen LogP contribution in [-0.2, 0) is 9.53 Å². The average molecular weight is 298 g/mol. The number of carbonyl (C=O) groups is 1. The number of rotatable bonds is 3. The molecule has 0 saturated carbocycles. The van der Waals surface area contributed by atoms with Crippen LogP contribution in [0.2, 0.25) is 0 Å². The van der Waals surface area contributed by atoms with Crippen molar-refractivity contribution in [3.8, 4) is 0 Å². The average Bonchev–Trinajstić information content (AvgIpc) is 2.18. The Kier molecular flexibility index (Phi) is 4.97. The SMILES string of the molecule is COCC(=O)N(I)C1CCNCC1. The molecule has 0 atom stereocenters. The quantitative estimate of drug-likeness (QED) is 0.611. The van der Waals surface area contributed by atoms with Gasteiger partial charge in [0, 0.05) is 13.2 Å². The van der Waals surface area contributed by atoms with Gasteiger partial charge in [0.15, 0.2) is 0 Å². The van der Waals surface area contributed by atoms with Gasteiger partial charge in [-0.25, -0.2) is 0 Å². The zero-order valence-electron chi connectivity index (χ0n) is 7.75. The van der Waals surface area contributed by atoms with E-state index >= 15 is 0 Å². The summed E-state index contributed by atoms with van der Waals surface area (Å²) in [4.78, 5) is 11.4. The number of ether oxygens (including phenoxy) is 1. The summed E-state index contributed by atoms with van der Waals surface area (Å²) in [6, 6.07) is 0.379. The molecule has 0 aromatic carbocycles. The third kappa shape index (κ3) is 3.40. The number of nitrogens with zero attached hydrogens (tertiary/aromatic N) is 1. The number of carbonyl (C=O) groups excluding carboxylic acids is 1. The fraction of sp³-hybridized carbons (Fsp3) is 0.875. The third-order valence-electron chi connectivity index (χ3n) is 2.14. The Morgan fingerprint density at radius 1 is 1.62 bits per heavy atom. The molecule has 13 heavy (non-hydrogen) atoms. The number of hydrogen-bond donors (Lipinski definition) is 1. The predicted octanol–water partition coefficient (Wildman–Crippen LogP) is 0.563. The van der Waals surface area contributed by atoms with Crippen LogP contribution in [0.3, 0.4) is 0 Å². The first-order chi connectivity index (χ1) is 6.25. The van der Waals surface area contributed by atoms with Gasteiger partial charge < -0.3 is 10.1 Å². The zero-order chi connectivity index (χ0) is 9.68. The standard InChI is InChI=1S/C8H15IN2O2/c1-13-6-8(12)11(9)7-2-4-10-5-3-7/h7,10H,2-6H2,1H3. The minimum atomic E-state index is 0.0648. The number of amides is 1. The summed E-state index contributed by atoms with van der Waals surface area (Å²) in [5.74, 6) is 0.0648. The van der Waals surface area contributed by atoms with Crippen LogP contribution in [-0.4, -0.2) is 41.9 Å². The second kappa shape index (κ2) is 5.77. The lowest BCUT2D eigenvalue weighted by Crippen LogP contribution is -2.42. The van der Waals surface area contributed by atoms with E-state index in [-0.39, 0.29) is 12.5 Å². The zero-order valence-corrected chi connectivity index (χ0v) is 9.91. The molecule has 1 heterocycles. The number of methoxy groups -OCH3 is 1. The third-order valence-corrected chi connectivity index (χ3v) is 3.46. The van der Waals surface area contributed by atoms with Gasteiger partial charge in [0.25, 0.3) is 5.91 Å². The van der Waals surface area contributed by atoms with E-state index in [4.69, 9.17) is 4.74 Å².